The minimum absolute atomic E-state index is 0.182. The van der Waals surface area contributed by atoms with E-state index >= 15 is 0 Å². The lowest BCUT2D eigenvalue weighted by Crippen LogP contribution is -2.27. The number of aryl methyl sites for hydroxylation is 2. The molecular weight excluding hydrogens is 356 g/mol. The highest BCUT2D eigenvalue weighted by Gasteiger charge is 2.17. The Morgan fingerprint density at radius 2 is 1.93 bits per heavy atom. The lowest BCUT2D eigenvalue weighted by Gasteiger charge is -2.16. The van der Waals surface area contributed by atoms with Crippen molar-refractivity contribution in [1.82, 2.24) is 10.3 Å². The number of amides is 1. The first-order valence-corrected chi connectivity index (χ1v) is 9.55. The van der Waals surface area contributed by atoms with Crippen LogP contribution in [0.1, 0.15) is 40.0 Å². The Hall–Kier alpha value is -2.79. The first-order valence-electron chi connectivity index (χ1n) is 8.74. The van der Waals surface area contributed by atoms with Crippen LogP contribution in [0.15, 0.2) is 70.7 Å². The molecule has 3 aromatic rings. The summed E-state index contributed by atoms with van der Waals surface area (Å²) in [6, 6.07) is 16.4. The second-order valence-electron chi connectivity index (χ2n) is 6.52. The summed E-state index contributed by atoms with van der Waals surface area (Å²) in [5.41, 5.74) is 3.74. The molecule has 1 unspecified atom stereocenters. The third-order valence-corrected chi connectivity index (χ3v) is 5.47. The van der Waals surface area contributed by atoms with Crippen LogP contribution in [0.4, 0.5) is 0 Å². The lowest BCUT2D eigenvalue weighted by atomic mass is 10.1. The van der Waals surface area contributed by atoms with Crippen LogP contribution in [-0.4, -0.2) is 16.0 Å². The molecular formula is C22H22N2O2S. The zero-order valence-corrected chi connectivity index (χ0v) is 16.4. The molecule has 0 aliphatic rings. The molecule has 0 spiro atoms. The summed E-state index contributed by atoms with van der Waals surface area (Å²) < 4.78 is 0. The number of phenolic OH excluding ortho intramolecular Hbond substituents is 1. The quantitative estimate of drug-likeness (QED) is 0.652. The smallest absolute Gasteiger partial charge is 0.254 e. The molecule has 0 fully saturated rings. The monoisotopic (exact) mass is 378 g/mol. The van der Waals surface area contributed by atoms with Gasteiger partial charge in [0.15, 0.2) is 0 Å². The van der Waals surface area contributed by atoms with Gasteiger partial charge in [-0.2, -0.15) is 0 Å². The molecule has 3 rings (SSSR count). The van der Waals surface area contributed by atoms with Gasteiger partial charge in [0.1, 0.15) is 10.8 Å². The summed E-state index contributed by atoms with van der Waals surface area (Å²) in [5, 5.41) is 13.3. The van der Waals surface area contributed by atoms with Gasteiger partial charge in [0.25, 0.3) is 5.91 Å². The van der Waals surface area contributed by atoms with E-state index in [2.05, 4.69) is 42.3 Å². The van der Waals surface area contributed by atoms with Gasteiger partial charge in [0.05, 0.1) is 11.6 Å². The van der Waals surface area contributed by atoms with Crippen molar-refractivity contribution in [3.63, 3.8) is 0 Å². The second-order valence-corrected chi connectivity index (χ2v) is 7.55. The third kappa shape index (κ3) is 4.68. The van der Waals surface area contributed by atoms with Crippen molar-refractivity contribution in [2.24, 2.45) is 0 Å². The van der Waals surface area contributed by atoms with Gasteiger partial charge in [-0.05, 0) is 62.2 Å². The molecule has 4 nitrogen and oxygen atoms in total. The Morgan fingerprint density at radius 3 is 2.67 bits per heavy atom. The lowest BCUT2D eigenvalue weighted by molar-refractivity contribution is 0.0936. The number of phenols is 1. The molecule has 0 aliphatic carbocycles. The summed E-state index contributed by atoms with van der Waals surface area (Å²) in [6.07, 6.45) is 1.70. The predicted molar refractivity (Wildman–Crippen MR) is 108 cm³/mol. The summed E-state index contributed by atoms with van der Waals surface area (Å²) in [7, 11) is 0. The Morgan fingerprint density at radius 1 is 1.11 bits per heavy atom. The number of benzene rings is 2. The van der Waals surface area contributed by atoms with E-state index < -0.39 is 0 Å². The molecule has 0 saturated heterocycles. The van der Waals surface area contributed by atoms with Gasteiger partial charge in [-0.3, -0.25) is 4.79 Å². The fraction of sp³-hybridized carbons (Fsp3) is 0.182. The molecule has 0 radical (unpaired) electrons. The average Bonchev–Trinajstić information content (AvgIpc) is 2.64. The van der Waals surface area contributed by atoms with Crippen molar-refractivity contribution < 1.29 is 9.90 Å². The highest BCUT2D eigenvalue weighted by atomic mass is 32.2. The Bertz CT molecular complexity index is 972. The van der Waals surface area contributed by atoms with E-state index in [1.807, 2.05) is 13.0 Å². The topological polar surface area (TPSA) is 62.2 Å². The van der Waals surface area contributed by atoms with E-state index in [1.54, 1.807) is 36.5 Å². The maximum absolute atomic E-state index is 12.8. The van der Waals surface area contributed by atoms with E-state index in [4.69, 9.17) is 0 Å². The number of carbonyl (C=O) groups is 1. The van der Waals surface area contributed by atoms with Crippen molar-refractivity contribution in [1.29, 1.82) is 0 Å². The van der Waals surface area contributed by atoms with E-state index in [-0.39, 0.29) is 17.7 Å². The van der Waals surface area contributed by atoms with E-state index in [0.29, 0.717) is 10.6 Å². The normalized spacial score (nSPS) is 11.8. The Balaban J connectivity index is 1.81. The minimum atomic E-state index is -0.233. The summed E-state index contributed by atoms with van der Waals surface area (Å²) in [4.78, 5) is 18.3. The van der Waals surface area contributed by atoms with Gasteiger partial charge >= 0.3 is 0 Å². The Labute approximate surface area is 163 Å². The van der Waals surface area contributed by atoms with Gasteiger partial charge < -0.3 is 10.4 Å². The molecule has 0 aliphatic heterocycles. The number of hydrogen-bond acceptors (Lipinski definition) is 4. The number of rotatable bonds is 5. The highest BCUT2D eigenvalue weighted by Crippen LogP contribution is 2.31. The Kier molecular flexibility index (Phi) is 5.81. The molecule has 138 valence electrons. The second kappa shape index (κ2) is 8.27. The van der Waals surface area contributed by atoms with Gasteiger partial charge in [0, 0.05) is 11.1 Å². The predicted octanol–water partition coefficient (Wildman–Crippen LogP) is 5.05. The molecule has 1 heterocycles. The largest absolute Gasteiger partial charge is 0.508 e. The molecule has 1 aromatic heterocycles. The maximum Gasteiger partial charge on any atom is 0.254 e. The van der Waals surface area contributed by atoms with Crippen LogP contribution in [0.5, 0.6) is 5.75 Å². The van der Waals surface area contributed by atoms with Crippen molar-refractivity contribution >= 4 is 17.7 Å². The van der Waals surface area contributed by atoms with Crippen molar-refractivity contribution in [2.75, 3.05) is 0 Å². The molecule has 0 bridgehead atoms. The molecule has 27 heavy (non-hydrogen) atoms. The molecule has 2 N–H and O–H groups in total. The number of aromatic hydroxyl groups is 1. The van der Waals surface area contributed by atoms with Crippen LogP contribution in [0.25, 0.3) is 0 Å². The molecule has 1 atom stereocenters. The summed E-state index contributed by atoms with van der Waals surface area (Å²) >= 11 is 1.49. The zero-order valence-electron chi connectivity index (χ0n) is 15.6. The third-order valence-electron chi connectivity index (χ3n) is 4.27. The van der Waals surface area contributed by atoms with Crippen molar-refractivity contribution in [3.8, 4) is 5.75 Å². The van der Waals surface area contributed by atoms with Crippen LogP contribution in [0.3, 0.4) is 0 Å². The van der Waals surface area contributed by atoms with Gasteiger partial charge in [-0.25, -0.2) is 4.98 Å². The van der Waals surface area contributed by atoms with E-state index in [9.17, 15) is 9.90 Å². The number of carbonyl (C=O) groups excluding carboxylic acids is 1. The molecule has 0 saturated carbocycles. The highest BCUT2D eigenvalue weighted by molar-refractivity contribution is 7.99. The first kappa shape index (κ1) is 19.0. The average molecular weight is 378 g/mol. The number of nitrogens with zero attached hydrogens (tertiary/aromatic N) is 1. The van der Waals surface area contributed by atoms with Gasteiger partial charge in [-0.1, -0.05) is 41.6 Å². The number of hydrogen-bond donors (Lipinski definition) is 2. The first-order chi connectivity index (χ1) is 12.9. The molecule has 2 aromatic carbocycles. The van der Waals surface area contributed by atoms with Crippen LogP contribution in [0, 0.1) is 13.8 Å². The fourth-order valence-electron chi connectivity index (χ4n) is 2.81. The molecule has 5 heteroatoms. The van der Waals surface area contributed by atoms with Crippen molar-refractivity contribution in [3.05, 3.63) is 83.0 Å². The van der Waals surface area contributed by atoms with Crippen LogP contribution < -0.4 is 5.32 Å². The number of pyridine rings is 1. The minimum Gasteiger partial charge on any atom is -0.508 e. The zero-order chi connectivity index (χ0) is 19.4. The standard InChI is InChI=1S/C22H22N2O2S/c1-14-9-10-20(15(2)12-14)27-22-19(8-5-11-23-22)21(26)24-16(3)17-6-4-7-18(25)13-17/h4-13,16,25H,1-3H3,(H,24,26). The van der Waals surface area contributed by atoms with Gasteiger partial charge in [-0.15, -0.1) is 0 Å². The van der Waals surface area contributed by atoms with Crippen LogP contribution in [0.2, 0.25) is 0 Å². The summed E-state index contributed by atoms with van der Waals surface area (Å²) in [5.74, 6) is -0.00715. The van der Waals surface area contributed by atoms with Crippen LogP contribution in [-0.2, 0) is 0 Å². The SMILES string of the molecule is Cc1ccc(Sc2ncccc2C(=O)NC(C)c2cccc(O)c2)c(C)c1. The maximum atomic E-state index is 12.8. The van der Waals surface area contributed by atoms with Gasteiger partial charge in [0.2, 0.25) is 0 Å². The molecule has 1 amide bonds. The fourth-order valence-corrected chi connectivity index (χ4v) is 3.76. The number of aromatic nitrogens is 1. The summed E-state index contributed by atoms with van der Waals surface area (Å²) in [6.45, 7) is 6.01. The van der Waals surface area contributed by atoms with E-state index in [0.717, 1.165) is 16.0 Å². The van der Waals surface area contributed by atoms with E-state index in [1.165, 1.54) is 17.3 Å². The van der Waals surface area contributed by atoms with Crippen molar-refractivity contribution in [2.45, 2.75) is 36.7 Å². The van der Waals surface area contributed by atoms with Crippen LogP contribution >= 0.6 is 11.8 Å². The number of nitrogens with one attached hydrogen (secondary N) is 1.